The lowest BCUT2D eigenvalue weighted by molar-refractivity contribution is 0.174. The van der Waals surface area contributed by atoms with Gasteiger partial charge in [-0.1, -0.05) is 23.4 Å². The number of aliphatic hydroxyl groups is 1. The van der Waals surface area contributed by atoms with Gasteiger partial charge in [-0.2, -0.15) is 0 Å². The maximum Gasteiger partial charge on any atom is 0.231 e. The van der Waals surface area contributed by atoms with Crippen LogP contribution in [0.1, 0.15) is 11.3 Å². The van der Waals surface area contributed by atoms with Crippen molar-refractivity contribution in [2.45, 2.75) is 17.5 Å². The van der Waals surface area contributed by atoms with Gasteiger partial charge in [-0.3, -0.25) is 0 Å². The molecule has 1 aliphatic heterocycles. The van der Waals surface area contributed by atoms with Crippen LogP contribution in [0, 0.1) is 0 Å². The highest BCUT2D eigenvalue weighted by atomic mass is 35.5. The summed E-state index contributed by atoms with van der Waals surface area (Å²) < 4.78 is 12.5. The molecule has 0 atom stereocenters. The second kappa shape index (κ2) is 5.55. The second-order valence-corrected chi connectivity index (χ2v) is 5.70. The number of hydrogen-bond donors (Lipinski definition) is 1. The summed E-state index contributed by atoms with van der Waals surface area (Å²) >= 11 is 7.72. The number of thioether (sulfide) groups is 1. The minimum atomic E-state index is -0.0140. The topological polar surface area (TPSA) is 56.5 Å². The van der Waals surface area contributed by atoms with Crippen LogP contribution < -0.4 is 9.47 Å². The van der Waals surface area contributed by atoms with Crippen molar-refractivity contribution in [3.63, 3.8) is 0 Å². The Morgan fingerprint density at radius 3 is 3.05 bits per heavy atom. The molecule has 3 rings (SSSR count). The lowest BCUT2D eigenvalue weighted by atomic mass is 10.2. The van der Waals surface area contributed by atoms with Crippen LogP contribution in [-0.4, -0.2) is 21.5 Å². The van der Waals surface area contributed by atoms with Gasteiger partial charge in [-0.05, 0) is 17.7 Å². The van der Waals surface area contributed by atoms with E-state index in [2.05, 4.69) is 4.98 Å². The third kappa shape index (κ3) is 2.46. The smallest absolute Gasteiger partial charge is 0.231 e. The predicted molar refractivity (Wildman–Crippen MR) is 76.3 cm³/mol. The van der Waals surface area contributed by atoms with Gasteiger partial charge in [0.2, 0.25) is 6.79 Å². The number of ether oxygens (including phenoxy) is 2. The van der Waals surface area contributed by atoms with E-state index in [-0.39, 0.29) is 13.4 Å². The number of aliphatic hydroxyl groups excluding tert-OH is 1. The molecule has 2 heterocycles. The van der Waals surface area contributed by atoms with Gasteiger partial charge in [0, 0.05) is 12.8 Å². The molecule has 1 aromatic heterocycles. The number of aromatic nitrogens is 2. The Morgan fingerprint density at radius 2 is 2.30 bits per heavy atom. The van der Waals surface area contributed by atoms with Crippen molar-refractivity contribution in [3.05, 3.63) is 34.6 Å². The zero-order valence-electron chi connectivity index (χ0n) is 10.8. The Balaban J connectivity index is 1.75. The molecule has 5 nitrogen and oxygen atoms in total. The third-order valence-electron chi connectivity index (χ3n) is 3.06. The maximum atomic E-state index is 9.14. The van der Waals surface area contributed by atoms with Crippen molar-refractivity contribution >= 4 is 23.4 Å². The van der Waals surface area contributed by atoms with E-state index in [1.807, 2.05) is 23.7 Å². The molecule has 0 aliphatic carbocycles. The summed E-state index contributed by atoms with van der Waals surface area (Å²) in [5.74, 6) is 2.01. The molecule has 20 heavy (non-hydrogen) atoms. The molecule has 1 aromatic carbocycles. The number of fused-ring (bicyclic) bond motifs is 1. The number of hydrogen-bond acceptors (Lipinski definition) is 5. The van der Waals surface area contributed by atoms with E-state index in [9.17, 15) is 0 Å². The van der Waals surface area contributed by atoms with E-state index in [1.165, 1.54) is 0 Å². The molecule has 7 heteroatoms. The van der Waals surface area contributed by atoms with Crippen LogP contribution in [0.4, 0.5) is 0 Å². The Kier molecular flexibility index (Phi) is 3.78. The van der Waals surface area contributed by atoms with Gasteiger partial charge in [0.25, 0.3) is 0 Å². The van der Waals surface area contributed by atoms with Crippen LogP contribution in [0.15, 0.2) is 23.5 Å². The predicted octanol–water partition coefficient (Wildman–Crippen LogP) is 2.59. The Bertz CT molecular complexity index is 645. The van der Waals surface area contributed by atoms with Gasteiger partial charge in [-0.15, -0.1) is 0 Å². The standard InChI is InChI=1S/C13H13ClN2O3S/c1-16-9(5-17)4-15-13(16)20-6-8-2-10(14)12-11(3-8)18-7-19-12/h2-4,17H,5-7H2,1H3. The van der Waals surface area contributed by atoms with Gasteiger partial charge in [0.05, 0.1) is 23.5 Å². The SMILES string of the molecule is Cn1c(CO)cnc1SCc1cc(Cl)c2c(c1)OCO2. The molecule has 1 aliphatic rings. The summed E-state index contributed by atoms with van der Waals surface area (Å²) in [6.07, 6.45) is 1.68. The van der Waals surface area contributed by atoms with Gasteiger partial charge in [0.15, 0.2) is 16.7 Å². The molecule has 106 valence electrons. The molecule has 0 fully saturated rings. The fraction of sp³-hybridized carbons (Fsp3) is 0.308. The summed E-state index contributed by atoms with van der Waals surface area (Å²) in [4.78, 5) is 4.27. The number of nitrogens with zero attached hydrogens (tertiary/aromatic N) is 2. The molecular formula is C13H13ClN2O3S. The van der Waals surface area contributed by atoms with Crippen LogP contribution >= 0.6 is 23.4 Å². The van der Waals surface area contributed by atoms with E-state index in [4.69, 9.17) is 26.2 Å². The summed E-state index contributed by atoms with van der Waals surface area (Å²) in [7, 11) is 1.88. The molecular weight excluding hydrogens is 300 g/mol. The van der Waals surface area contributed by atoms with E-state index in [1.54, 1.807) is 18.0 Å². The third-order valence-corrected chi connectivity index (χ3v) is 4.45. The lowest BCUT2D eigenvalue weighted by Gasteiger charge is -2.06. The Labute approximate surface area is 125 Å². The molecule has 0 saturated heterocycles. The summed E-state index contributed by atoms with van der Waals surface area (Å²) in [5, 5.41) is 10.6. The van der Waals surface area contributed by atoms with Crippen molar-refractivity contribution < 1.29 is 14.6 Å². The molecule has 1 N–H and O–H groups in total. The number of imidazole rings is 1. The molecule has 0 bridgehead atoms. The molecule has 0 amide bonds. The van der Waals surface area contributed by atoms with Crippen LogP contribution in [0.2, 0.25) is 5.02 Å². The van der Waals surface area contributed by atoms with Crippen LogP contribution in [-0.2, 0) is 19.4 Å². The van der Waals surface area contributed by atoms with E-state index >= 15 is 0 Å². The first-order valence-corrected chi connectivity index (χ1v) is 7.37. The van der Waals surface area contributed by atoms with Crippen molar-refractivity contribution in [3.8, 4) is 11.5 Å². The highest BCUT2D eigenvalue weighted by Gasteiger charge is 2.18. The maximum absolute atomic E-state index is 9.14. The molecule has 0 radical (unpaired) electrons. The van der Waals surface area contributed by atoms with Crippen molar-refractivity contribution in [2.75, 3.05) is 6.79 Å². The average molecular weight is 313 g/mol. The molecule has 0 spiro atoms. The Morgan fingerprint density at radius 1 is 1.45 bits per heavy atom. The lowest BCUT2D eigenvalue weighted by Crippen LogP contribution is -1.97. The van der Waals surface area contributed by atoms with Gasteiger partial charge in [0.1, 0.15) is 0 Å². The number of rotatable bonds is 4. The van der Waals surface area contributed by atoms with Gasteiger partial charge >= 0.3 is 0 Å². The van der Waals surface area contributed by atoms with Gasteiger partial charge in [-0.25, -0.2) is 4.98 Å². The van der Waals surface area contributed by atoms with Crippen LogP contribution in [0.5, 0.6) is 11.5 Å². The van der Waals surface area contributed by atoms with E-state index < -0.39 is 0 Å². The highest BCUT2D eigenvalue weighted by molar-refractivity contribution is 7.98. The zero-order valence-corrected chi connectivity index (χ0v) is 12.4. The van der Waals surface area contributed by atoms with Crippen LogP contribution in [0.25, 0.3) is 0 Å². The quantitative estimate of drug-likeness (QED) is 0.879. The summed E-state index contributed by atoms with van der Waals surface area (Å²) in [6, 6.07) is 3.80. The highest BCUT2D eigenvalue weighted by Crippen LogP contribution is 2.40. The number of benzene rings is 1. The minimum absolute atomic E-state index is 0.0140. The molecule has 0 unspecified atom stereocenters. The van der Waals surface area contributed by atoms with E-state index in [0.717, 1.165) is 16.4 Å². The summed E-state index contributed by atoms with van der Waals surface area (Å²) in [5.41, 5.74) is 1.83. The fourth-order valence-corrected chi connectivity index (χ4v) is 3.15. The van der Waals surface area contributed by atoms with Crippen LogP contribution in [0.3, 0.4) is 0 Å². The fourth-order valence-electron chi connectivity index (χ4n) is 1.96. The van der Waals surface area contributed by atoms with E-state index in [0.29, 0.717) is 22.3 Å². The first-order chi connectivity index (χ1) is 9.69. The Hall–Kier alpha value is -1.37. The molecule has 2 aromatic rings. The van der Waals surface area contributed by atoms with Crippen molar-refractivity contribution in [1.82, 2.24) is 9.55 Å². The number of halogens is 1. The monoisotopic (exact) mass is 312 g/mol. The summed E-state index contributed by atoms with van der Waals surface area (Å²) in [6.45, 7) is 0.199. The van der Waals surface area contributed by atoms with Gasteiger partial charge < -0.3 is 19.1 Å². The zero-order chi connectivity index (χ0) is 14.1. The average Bonchev–Trinajstić information content (AvgIpc) is 3.03. The normalized spacial score (nSPS) is 12.9. The minimum Gasteiger partial charge on any atom is -0.454 e. The molecule has 0 saturated carbocycles. The largest absolute Gasteiger partial charge is 0.454 e. The first-order valence-electron chi connectivity index (χ1n) is 6.01. The first kappa shape index (κ1) is 13.6. The second-order valence-electron chi connectivity index (χ2n) is 4.35. The van der Waals surface area contributed by atoms with Crippen molar-refractivity contribution in [1.29, 1.82) is 0 Å². The van der Waals surface area contributed by atoms with Crippen molar-refractivity contribution in [2.24, 2.45) is 7.05 Å².